The van der Waals surface area contributed by atoms with Gasteiger partial charge in [0.05, 0.1) is 17.6 Å². The molecule has 0 N–H and O–H groups in total. The largest absolute Gasteiger partial charge is 0.374 e. The normalized spacial score (nSPS) is 51.8. The first-order valence-electron chi connectivity index (χ1n) is 9.39. The molecule has 0 aliphatic heterocycles. The van der Waals surface area contributed by atoms with Crippen LogP contribution >= 0.6 is 0 Å². The fourth-order valence-corrected chi connectivity index (χ4v) is 5.70. The van der Waals surface area contributed by atoms with E-state index in [1.54, 1.807) is 0 Å². The van der Waals surface area contributed by atoms with Gasteiger partial charge in [0.2, 0.25) is 0 Å². The molecule has 138 valence electrons. The summed E-state index contributed by atoms with van der Waals surface area (Å²) < 4.78 is 64.7. The molecule has 24 heavy (non-hydrogen) atoms. The Morgan fingerprint density at radius 1 is 0.667 bits per heavy atom. The zero-order valence-corrected chi connectivity index (χ0v) is 14.7. The molecule has 1 nitrogen and oxygen atoms in total. The molecule has 0 aromatic rings. The highest BCUT2D eigenvalue weighted by Crippen LogP contribution is 2.70. The van der Waals surface area contributed by atoms with E-state index >= 15 is 0 Å². The number of rotatable bonds is 3. The summed E-state index contributed by atoms with van der Waals surface area (Å²) in [4.78, 5) is 0. The zero-order valence-electron chi connectivity index (χ0n) is 14.7. The summed E-state index contributed by atoms with van der Waals surface area (Å²) in [5, 5.41) is 0. The van der Waals surface area contributed by atoms with Gasteiger partial charge < -0.3 is 4.74 Å². The maximum atomic E-state index is 14.8. The van der Waals surface area contributed by atoms with Crippen molar-refractivity contribution in [3.8, 4) is 0 Å². The third kappa shape index (κ3) is 1.97. The van der Waals surface area contributed by atoms with Crippen LogP contribution < -0.4 is 0 Å². The Balaban J connectivity index is 1.54. The summed E-state index contributed by atoms with van der Waals surface area (Å²) in [6.07, 6.45) is 6.49. The fraction of sp³-hybridized carbons (Fsp3) is 1.00. The van der Waals surface area contributed by atoms with Crippen LogP contribution in [0.2, 0.25) is 0 Å². The maximum absolute atomic E-state index is 14.8. The molecule has 0 radical (unpaired) electrons. The Bertz CT molecular complexity index is 509. The topological polar surface area (TPSA) is 9.23 Å². The Labute approximate surface area is 141 Å². The second-order valence-corrected chi connectivity index (χ2v) is 9.77. The molecule has 6 rings (SSSR count). The van der Waals surface area contributed by atoms with Crippen molar-refractivity contribution < 1.29 is 22.3 Å². The number of hydrogen-bond acceptors (Lipinski definition) is 1. The molecular weight excluding hydrogens is 320 g/mol. The molecule has 0 saturated heterocycles. The van der Waals surface area contributed by atoms with Crippen LogP contribution in [0.15, 0.2) is 0 Å². The Hall–Kier alpha value is -0.320. The van der Waals surface area contributed by atoms with Crippen molar-refractivity contribution in [2.75, 3.05) is 6.61 Å². The molecule has 0 atom stereocenters. The number of fused-ring (bicyclic) bond motifs is 6. The highest BCUT2D eigenvalue weighted by Gasteiger charge is 2.80. The van der Waals surface area contributed by atoms with Crippen molar-refractivity contribution in [3.05, 3.63) is 0 Å². The molecule has 6 saturated carbocycles. The van der Waals surface area contributed by atoms with Crippen molar-refractivity contribution in [2.45, 2.75) is 95.5 Å². The number of hydrogen-bond donors (Lipinski definition) is 0. The quantitative estimate of drug-likeness (QED) is 0.571. The molecule has 0 aromatic heterocycles. The van der Waals surface area contributed by atoms with Gasteiger partial charge in [0, 0.05) is 5.41 Å². The van der Waals surface area contributed by atoms with Crippen LogP contribution in [0.5, 0.6) is 0 Å². The summed E-state index contributed by atoms with van der Waals surface area (Å²) in [5.41, 5.74) is -3.21. The van der Waals surface area contributed by atoms with Crippen LogP contribution in [0, 0.1) is 16.2 Å². The molecule has 6 aliphatic rings. The highest BCUT2D eigenvalue weighted by molar-refractivity contribution is 5.17. The fourth-order valence-electron chi connectivity index (χ4n) is 5.70. The Kier molecular flexibility index (Phi) is 3.34. The van der Waals surface area contributed by atoms with Gasteiger partial charge in [0.25, 0.3) is 0 Å². The van der Waals surface area contributed by atoms with E-state index in [2.05, 4.69) is 6.92 Å². The average Bonchev–Trinajstić information content (AvgIpc) is 2.54. The van der Waals surface area contributed by atoms with Crippen LogP contribution in [0.4, 0.5) is 17.6 Å². The van der Waals surface area contributed by atoms with E-state index in [-0.39, 0.29) is 37.9 Å². The number of alkyl halides is 4. The van der Waals surface area contributed by atoms with E-state index in [9.17, 15) is 17.6 Å². The third-order valence-corrected chi connectivity index (χ3v) is 8.34. The molecule has 0 amide bonds. The minimum Gasteiger partial charge on any atom is -0.374 e. The van der Waals surface area contributed by atoms with Crippen LogP contribution in [-0.2, 0) is 4.74 Å². The average molecular weight is 348 g/mol. The Morgan fingerprint density at radius 2 is 1.17 bits per heavy atom. The van der Waals surface area contributed by atoms with Gasteiger partial charge in [-0.2, -0.15) is 17.6 Å². The lowest BCUT2D eigenvalue weighted by atomic mass is 9.50. The summed E-state index contributed by atoms with van der Waals surface area (Å²) >= 11 is 0. The van der Waals surface area contributed by atoms with E-state index < -0.39 is 22.7 Å². The molecule has 6 aliphatic carbocycles. The minimum absolute atomic E-state index is 0.153. The van der Waals surface area contributed by atoms with Crippen LogP contribution in [0.1, 0.15) is 78.1 Å². The molecule has 4 bridgehead atoms. The SMILES string of the molecule is CC12CCC(OCC34CCC(C)(CC3)C(F)(F)C4(F)F)(CC1)CC2. The van der Waals surface area contributed by atoms with Crippen LogP contribution in [-0.4, -0.2) is 24.1 Å². The molecule has 0 spiro atoms. The molecule has 0 heterocycles. The van der Waals surface area contributed by atoms with E-state index in [1.807, 2.05) is 0 Å². The molecule has 0 aromatic carbocycles. The van der Waals surface area contributed by atoms with Crippen molar-refractivity contribution in [3.63, 3.8) is 0 Å². The lowest BCUT2D eigenvalue weighted by Gasteiger charge is -2.61. The highest BCUT2D eigenvalue weighted by atomic mass is 19.3. The van der Waals surface area contributed by atoms with E-state index in [1.165, 1.54) is 6.92 Å². The lowest BCUT2D eigenvalue weighted by molar-refractivity contribution is -0.374. The molecule has 0 unspecified atom stereocenters. The van der Waals surface area contributed by atoms with Crippen molar-refractivity contribution in [1.82, 2.24) is 0 Å². The second-order valence-electron chi connectivity index (χ2n) is 9.77. The van der Waals surface area contributed by atoms with Gasteiger partial charge in [0.1, 0.15) is 0 Å². The van der Waals surface area contributed by atoms with Gasteiger partial charge in [-0.15, -0.1) is 0 Å². The Morgan fingerprint density at radius 3 is 1.67 bits per heavy atom. The maximum Gasteiger partial charge on any atom is 0.318 e. The zero-order chi connectivity index (χ0) is 17.5. The van der Waals surface area contributed by atoms with Gasteiger partial charge >= 0.3 is 11.8 Å². The lowest BCUT2D eigenvalue weighted by Crippen LogP contribution is -2.70. The van der Waals surface area contributed by atoms with Gasteiger partial charge in [-0.25, -0.2) is 0 Å². The van der Waals surface area contributed by atoms with Gasteiger partial charge in [-0.05, 0) is 69.6 Å². The monoisotopic (exact) mass is 348 g/mol. The van der Waals surface area contributed by atoms with Crippen molar-refractivity contribution in [2.24, 2.45) is 16.2 Å². The number of ether oxygens (including phenoxy) is 1. The van der Waals surface area contributed by atoms with E-state index in [0.29, 0.717) is 5.41 Å². The standard InChI is InChI=1S/C19H28F4O/c1-14-3-10-17(11-4-14,12-5-14)24-13-16-8-6-15(2,7-9-16)18(20,21)19(16,22)23/h3-13H2,1-2H3. The molecular formula is C19H28F4O. The summed E-state index contributed by atoms with van der Waals surface area (Å²) in [7, 11) is 0. The first kappa shape index (κ1) is 17.1. The minimum atomic E-state index is -3.97. The predicted molar refractivity (Wildman–Crippen MR) is 83.4 cm³/mol. The van der Waals surface area contributed by atoms with Crippen LogP contribution in [0.25, 0.3) is 0 Å². The predicted octanol–water partition coefficient (Wildman–Crippen LogP) is 5.97. The van der Waals surface area contributed by atoms with Crippen molar-refractivity contribution >= 4 is 0 Å². The van der Waals surface area contributed by atoms with Crippen molar-refractivity contribution in [1.29, 1.82) is 0 Å². The number of halogens is 4. The van der Waals surface area contributed by atoms with E-state index in [0.717, 1.165) is 38.5 Å². The smallest absolute Gasteiger partial charge is 0.318 e. The first-order valence-corrected chi connectivity index (χ1v) is 9.39. The third-order valence-electron chi connectivity index (χ3n) is 8.34. The van der Waals surface area contributed by atoms with Crippen LogP contribution in [0.3, 0.4) is 0 Å². The van der Waals surface area contributed by atoms with Gasteiger partial charge in [-0.3, -0.25) is 0 Å². The second kappa shape index (κ2) is 4.69. The summed E-state index contributed by atoms with van der Waals surface area (Å²) in [6.45, 7) is 3.40. The molecule has 5 heteroatoms. The van der Waals surface area contributed by atoms with Gasteiger partial charge in [0.15, 0.2) is 0 Å². The summed E-state index contributed by atoms with van der Waals surface area (Å²) in [6, 6.07) is 0. The van der Waals surface area contributed by atoms with Gasteiger partial charge in [-0.1, -0.05) is 13.8 Å². The summed E-state index contributed by atoms with van der Waals surface area (Å²) in [5.74, 6) is -7.91. The first-order chi connectivity index (χ1) is 11.0. The molecule has 6 fully saturated rings. The van der Waals surface area contributed by atoms with E-state index in [4.69, 9.17) is 4.74 Å².